The van der Waals surface area contributed by atoms with Gasteiger partial charge in [-0.1, -0.05) is 11.6 Å². The highest BCUT2D eigenvalue weighted by molar-refractivity contribution is 5.89. The van der Waals surface area contributed by atoms with E-state index in [0.717, 1.165) is 62.2 Å². The number of aryl methyl sites for hydroxylation is 2. The number of hydrogen-bond acceptors (Lipinski definition) is 5. The highest BCUT2D eigenvalue weighted by atomic mass is 16.5. The number of ether oxygens (including phenoxy) is 1. The first kappa shape index (κ1) is 19.0. The molecule has 150 valence electrons. The Kier molecular flexibility index (Phi) is 5.99. The number of morpholine rings is 1. The summed E-state index contributed by atoms with van der Waals surface area (Å²) in [6.45, 7) is 12.5. The molecule has 0 amide bonds. The lowest BCUT2D eigenvalue weighted by Gasteiger charge is -2.25. The second-order valence-electron chi connectivity index (χ2n) is 7.83. The Hall–Kier alpha value is -2.29. The van der Waals surface area contributed by atoms with Gasteiger partial charge in [-0.2, -0.15) is 4.98 Å². The van der Waals surface area contributed by atoms with Crippen molar-refractivity contribution in [2.24, 2.45) is 0 Å². The lowest BCUT2D eigenvalue weighted by atomic mass is 10.1. The summed E-state index contributed by atoms with van der Waals surface area (Å²) in [4.78, 5) is 15.9. The molecule has 28 heavy (non-hydrogen) atoms. The molecule has 0 saturated carbocycles. The number of quaternary nitrogens is 2. The molecule has 1 fully saturated rings. The maximum absolute atomic E-state index is 5.43. The molecule has 3 heterocycles. The fourth-order valence-corrected chi connectivity index (χ4v) is 3.88. The predicted molar refractivity (Wildman–Crippen MR) is 108 cm³/mol. The Labute approximate surface area is 166 Å². The number of nitrogens with one attached hydrogen (secondary N) is 5. The Morgan fingerprint density at radius 3 is 2.75 bits per heavy atom. The summed E-state index contributed by atoms with van der Waals surface area (Å²) in [5, 5.41) is 7.84. The van der Waals surface area contributed by atoms with Crippen LogP contribution in [0.5, 0.6) is 0 Å². The molecule has 2 aliphatic rings. The van der Waals surface area contributed by atoms with Crippen LogP contribution in [-0.2, 0) is 4.74 Å². The Morgan fingerprint density at radius 2 is 1.96 bits per heavy atom. The van der Waals surface area contributed by atoms with Crippen molar-refractivity contribution in [3.8, 4) is 0 Å². The topological polar surface area (TPSA) is 81.9 Å². The number of hydrogen-bond donors (Lipinski definition) is 5. The van der Waals surface area contributed by atoms with Gasteiger partial charge in [0.05, 0.1) is 37.5 Å². The highest BCUT2D eigenvalue weighted by Crippen LogP contribution is 2.18. The van der Waals surface area contributed by atoms with Gasteiger partial charge in [0.2, 0.25) is 0 Å². The van der Waals surface area contributed by atoms with Crippen LogP contribution in [-0.4, -0.2) is 68.7 Å². The number of anilines is 1. The lowest BCUT2D eigenvalue weighted by molar-refractivity contribution is -0.984. The summed E-state index contributed by atoms with van der Waals surface area (Å²) >= 11 is 0. The molecular formula is C20H32N7O+3. The predicted octanol–water partition coefficient (Wildman–Crippen LogP) is -3.20. The Balaban J connectivity index is 1.29. The summed E-state index contributed by atoms with van der Waals surface area (Å²) in [5.74, 6) is 1.51. The standard InChI is InChI=1S/C20H29N7O/c1-15-4-5-18-17(12-15)16(2)23-20(24-18)25-19-21-13-27(14-22-19)7-3-6-26-8-10-28-11-9-26/h4-5,12H,3,6-11,13-14H2,1-2H3,(H2,21,22,23,24,25)/p+3. The van der Waals surface area contributed by atoms with Gasteiger partial charge in [0, 0.05) is 11.8 Å². The minimum atomic E-state index is 0.628. The summed E-state index contributed by atoms with van der Waals surface area (Å²) < 4.78 is 5.43. The van der Waals surface area contributed by atoms with Gasteiger partial charge in [-0.3, -0.25) is 4.90 Å². The molecule has 0 radical (unpaired) electrons. The zero-order valence-corrected chi connectivity index (χ0v) is 16.9. The van der Waals surface area contributed by atoms with E-state index in [2.05, 4.69) is 50.7 Å². The van der Waals surface area contributed by atoms with Gasteiger partial charge < -0.3 is 9.64 Å². The van der Waals surface area contributed by atoms with E-state index >= 15 is 0 Å². The largest absolute Gasteiger partial charge is 0.370 e. The van der Waals surface area contributed by atoms with E-state index in [1.54, 1.807) is 4.90 Å². The maximum atomic E-state index is 5.43. The van der Waals surface area contributed by atoms with E-state index in [9.17, 15) is 0 Å². The van der Waals surface area contributed by atoms with Crippen molar-refractivity contribution < 1.29 is 19.5 Å². The van der Waals surface area contributed by atoms with Crippen LogP contribution < -0.4 is 25.4 Å². The number of aromatic nitrogens is 2. The molecule has 8 heteroatoms. The first-order valence-corrected chi connectivity index (χ1v) is 10.3. The van der Waals surface area contributed by atoms with Crippen LogP contribution in [0.2, 0.25) is 0 Å². The average molecular weight is 387 g/mol. The molecule has 1 aromatic carbocycles. The van der Waals surface area contributed by atoms with Crippen LogP contribution in [0.4, 0.5) is 5.95 Å². The van der Waals surface area contributed by atoms with Crippen LogP contribution in [0, 0.1) is 13.8 Å². The number of guanidine groups is 1. The summed E-state index contributed by atoms with van der Waals surface area (Å²) in [5.41, 5.74) is 3.18. The molecule has 2 aliphatic heterocycles. The molecule has 1 saturated heterocycles. The van der Waals surface area contributed by atoms with Crippen molar-refractivity contribution in [1.29, 1.82) is 0 Å². The first-order valence-electron chi connectivity index (χ1n) is 10.3. The van der Waals surface area contributed by atoms with E-state index in [-0.39, 0.29) is 0 Å². The maximum Gasteiger partial charge on any atom is 0.359 e. The third-order valence-electron chi connectivity index (χ3n) is 5.57. The van der Waals surface area contributed by atoms with Crippen molar-refractivity contribution in [3.05, 3.63) is 29.5 Å². The van der Waals surface area contributed by atoms with Crippen LogP contribution in [0.1, 0.15) is 17.7 Å². The van der Waals surface area contributed by atoms with E-state index in [0.29, 0.717) is 5.95 Å². The van der Waals surface area contributed by atoms with Crippen LogP contribution in [0.15, 0.2) is 18.2 Å². The smallest absolute Gasteiger partial charge is 0.359 e. The van der Waals surface area contributed by atoms with Gasteiger partial charge in [-0.05, 0) is 26.0 Å². The molecule has 5 N–H and O–H groups in total. The summed E-state index contributed by atoms with van der Waals surface area (Å²) in [7, 11) is 0. The van der Waals surface area contributed by atoms with Gasteiger partial charge >= 0.3 is 5.96 Å². The van der Waals surface area contributed by atoms with E-state index in [1.165, 1.54) is 30.0 Å². The van der Waals surface area contributed by atoms with Crippen molar-refractivity contribution in [2.75, 3.05) is 58.0 Å². The van der Waals surface area contributed by atoms with Gasteiger partial charge in [-0.15, -0.1) is 0 Å². The van der Waals surface area contributed by atoms with E-state index < -0.39 is 0 Å². The number of nitrogens with zero attached hydrogens (tertiary/aromatic N) is 2. The summed E-state index contributed by atoms with van der Waals surface area (Å²) in [6, 6.07) is 6.28. The highest BCUT2D eigenvalue weighted by Gasteiger charge is 2.22. The van der Waals surface area contributed by atoms with Gasteiger partial charge in [0.25, 0.3) is 5.95 Å². The average Bonchev–Trinajstić information content (AvgIpc) is 2.71. The molecule has 0 bridgehead atoms. The molecule has 1 unspecified atom stereocenters. The Morgan fingerprint density at radius 1 is 1.14 bits per heavy atom. The minimum absolute atomic E-state index is 0.628. The molecule has 1 aromatic heterocycles. The van der Waals surface area contributed by atoms with Crippen molar-refractivity contribution in [2.45, 2.75) is 20.3 Å². The van der Waals surface area contributed by atoms with Gasteiger partial charge in [-0.25, -0.2) is 20.6 Å². The molecule has 0 aliphatic carbocycles. The van der Waals surface area contributed by atoms with Crippen LogP contribution in [0.25, 0.3) is 10.9 Å². The molecule has 8 nitrogen and oxygen atoms in total. The van der Waals surface area contributed by atoms with Crippen molar-refractivity contribution in [1.82, 2.24) is 15.3 Å². The van der Waals surface area contributed by atoms with Gasteiger partial charge in [0.1, 0.15) is 13.1 Å². The molecule has 0 spiro atoms. The lowest BCUT2D eigenvalue weighted by Crippen LogP contribution is -3.24. The normalized spacial score (nSPS) is 20.6. The zero-order chi connectivity index (χ0) is 19.3. The number of rotatable bonds is 5. The SMILES string of the molecule is Cc1ccc2nc(NC3=[NH+]C[NH+](CCC[NH+]4CCOCC4)CN3)nc(C)c2c1. The van der Waals surface area contributed by atoms with Gasteiger partial charge in [0.15, 0.2) is 13.3 Å². The molecule has 4 rings (SSSR count). The monoisotopic (exact) mass is 386 g/mol. The molecular weight excluding hydrogens is 354 g/mol. The minimum Gasteiger partial charge on any atom is -0.370 e. The molecule has 2 aromatic rings. The first-order chi connectivity index (χ1) is 13.7. The Bertz CT molecular complexity index is 848. The van der Waals surface area contributed by atoms with Crippen LogP contribution in [0.3, 0.4) is 0 Å². The van der Waals surface area contributed by atoms with E-state index in [4.69, 9.17) is 4.74 Å². The third-order valence-corrected chi connectivity index (χ3v) is 5.57. The third kappa shape index (κ3) is 4.76. The van der Waals surface area contributed by atoms with Crippen molar-refractivity contribution in [3.63, 3.8) is 0 Å². The van der Waals surface area contributed by atoms with E-state index in [1.807, 2.05) is 6.92 Å². The quantitative estimate of drug-likeness (QED) is 0.374. The number of fused-ring (bicyclic) bond motifs is 1. The fraction of sp³-hybridized carbons (Fsp3) is 0.550. The summed E-state index contributed by atoms with van der Waals surface area (Å²) in [6.07, 6.45) is 1.24. The van der Waals surface area contributed by atoms with Crippen LogP contribution >= 0.6 is 0 Å². The number of benzene rings is 1. The van der Waals surface area contributed by atoms with Crippen molar-refractivity contribution >= 4 is 22.8 Å². The second kappa shape index (κ2) is 8.81. The molecule has 1 atom stereocenters. The zero-order valence-electron chi connectivity index (χ0n) is 16.9. The second-order valence-corrected chi connectivity index (χ2v) is 7.83. The fourth-order valence-electron chi connectivity index (χ4n) is 3.88.